The average Bonchev–Trinajstić information content (AvgIpc) is 2.81. The fourth-order valence-electron chi connectivity index (χ4n) is 2.84. The van der Waals surface area contributed by atoms with Crippen molar-refractivity contribution in [1.82, 2.24) is 0 Å². The number of rotatable bonds is 6. The Morgan fingerprint density at radius 3 is 2.76 bits per heavy atom. The van der Waals surface area contributed by atoms with E-state index >= 15 is 0 Å². The van der Waals surface area contributed by atoms with Crippen LogP contribution in [0.3, 0.4) is 0 Å². The number of carboxylic acids is 1. The summed E-state index contributed by atoms with van der Waals surface area (Å²) in [6, 6.07) is 2.37. The molecule has 1 aromatic heterocycles. The fourth-order valence-corrected chi connectivity index (χ4v) is 4.21. The Hall–Kier alpha value is -1.54. The quantitative estimate of drug-likeness (QED) is 0.874. The van der Waals surface area contributed by atoms with Gasteiger partial charge in [0.2, 0.25) is 0 Å². The molecule has 1 heterocycles. The molecule has 4 nitrogen and oxygen atoms in total. The van der Waals surface area contributed by atoms with Crippen molar-refractivity contribution < 1.29 is 9.90 Å². The Morgan fingerprint density at radius 2 is 2.14 bits per heavy atom. The number of aryl methyl sites for hydroxylation is 1. The molecule has 1 aromatic rings. The van der Waals surface area contributed by atoms with E-state index in [1.165, 1.54) is 16.9 Å². The second kappa shape index (κ2) is 6.95. The molecule has 0 spiro atoms. The molecule has 0 aliphatic heterocycles. The summed E-state index contributed by atoms with van der Waals surface area (Å²) in [5.74, 6) is -0.354. The number of hydrogen-bond acceptors (Lipinski definition) is 4. The number of fused-ring (bicyclic) bond motifs is 1. The van der Waals surface area contributed by atoms with Crippen molar-refractivity contribution in [3.8, 4) is 6.07 Å². The first kappa shape index (κ1) is 15.8. The third-order valence-electron chi connectivity index (χ3n) is 3.73. The van der Waals surface area contributed by atoms with Crippen LogP contribution in [0.4, 0.5) is 5.00 Å². The van der Waals surface area contributed by atoms with Crippen LogP contribution in [0, 0.1) is 17.2 Å². The van der Waals surface area contributed by atoms with Crippen LogP contribution in [0.1, 0.15) is 49.1 Å². The van der Waals surface area contributed by atoms with Gasteiger partial charge in [-0.2, -0.15) is 5.26 Å². The Kier molecular flexibility index (Phi) is 5.24. The maximum atomic E-state index is 10.9. The van der Waals surface area contributed by atoms with Crippen molar-refractivity contribution >= 4 is 22.3 Å². The van der Waals surface area contributed by atoms with Crippen molar-refractivity contribution in [2.75, 3.05) is 18.0 Å². The number of nitriles is 1. The fraction of sp³-hybridized carbons (Fsp3) is 0.625. The molecule has 1 aliphatic rings. The van der Waals surface area contributed by atoms with Gasteiger partial charge in [-0.15, -0.1) is 11.3 Å². The molecule has 0 fully saturated rings. The molecule has 0 unspecified atom stereocenters. The Labute approximate surface area is 130 Å². The first-order valence-corrected chi connectivity index (χ1v) is 8.36. The van der Waals surface area contributed by atoms with Gasteiger partial charge in [-0.1, -0.05) is 13.8 Å². The SMILES string of the molecule is CC(C)CN(CCC(=O)O)c1sc2c(c1C#N)CCCC2. The van der Waals surface area contributed by atoms with E-state index in [0.717, 1.165) is 36.4 Å². The molecule has 1 aliphatic carbocycles. The number of aliphatic carboxylic acids is 1. The van der Waals surface area contributed by atoms with Crippen LogP contribution in [-0.2, 0) is 17.6 Å². The normalized spacial score (nSPS) is 13.8. The molecule has 21 heavy (non-hydrogen) atoms. The molecule has 0 amide bonds. The van der Waals surface area contributed by atoms with E-state index in [2.05, 4.69) is 24.8 Å². The minimum atomic E-state index is -0.788. The van der Waals surface area contributed by atoms with Gasteiger partial charge in [0.25, 0.3) is 0 Å². The van der Waals surface area contributed by atoms with Gasteiger partial charge in [0, 0.05) is 18.0 Å². The number of thiophene rings is 1. The first-order valence-electron chi connectivity index (χ1n) is 7.54. The predicted molar refractivity (Wildman–Crippen MR) is 85.0 cm³/mol. The van der Waals surface area contributed by atoms with Crippen LogP contribution in [0.15, 0.2) is 0 Å². The van der Waals surface area contributed by atoms with Crippen LogP contribution < -0.4 is 4.90 Å². The largest absolute Gasteiger partial charge is 0.481 e. The molecule has 0 aromatic carbocycles. The zero-order valence-corrected chi connectivity index (χ0v) is 13.5. The van der Waals surface area contributed by atoms with Crippen LogP contribution in [0.5, 0.6) is 0 Å². The van der Waals surface area contributed by atoms with Crippen LogP contribution >= 0.6 is 11.3 Å². The molecule has 0 bridgehead atoms. The van der Waals surface area contributed by atoms with Gasteiger partial charge < -0.3 is 10.0 Å². The van der Waals surface area contributed by atoms with Crippen molar-refractivity contribution in [3.63, 3.8) is 0 Å². The second-order valence-corrected chi connectivity index (χ2v) is 7.07. The summed E-state index contributed by atoms with van der Waals surface area (Å²) >= 11 is 1.70. The van der Waals surface area contributed by atoms with E-state index in [1.54, 1.807) is 11.3 Å². The zero-order valence-electron chi connectivity index (χ0n) is 12.7. The van der Waals surface area contributed by atoms with Gasteiger partial charge in [-0.25, -0.2) is 0 Å². The lowest BCUT2D eigenvalue weighted by Gasteiger charge is -2.25. The van der Waals surface area contributed by atoms with Crippen LogP contribution in [-0.4, -0.2) is 24.2 Å². The topological polar surface area (TPSA) is 64.3 Å². The standard InChI is InChI=1S/C16H22N2O2S/c1-11(2)10-18(8-7-15(19)20)16-13(9-17)12-5-3-4-6-14(12)21-16/h11H,3-8,10H2,1-2H3,(H,19,20). The summed E-state index contributed by atoms with van der Waals surface area (Å²) < 4.78 is 0. The molecule has 2 rings (SSSR count). The summed E-state index contributed by atoms with van der Waals surface area (Å²) in [5.41, 5.74) is 2.01. The highest BCUT2D eigenvalue weighted by atomic mass is 32.1. The number of hydrogen-bond donors (Lipinski definition) is 1. The number of nitrogens with zero attached hydrogens (tertiary/aromatic N) is 2. The van der Waals surface area contributed by atoms with Crippen molar-refractivity contribution in [2.24, 2.45) is 5.92 Å². The second-order valence-electron chi connectivity index (χ2n) is 5.99. The third-order valence-corrected chi connectivity index (χ3v) is 5.09. The van der Waals surface area contributed by atoms with Gasteiger partial charge in [0.15, 0.2) is 0 Å². The maximum absolute atomic E-state index is 10.9. The van der Waals surface area contributed by atoms with Gasteiger partial charge in [0.1, 0.15) is 11.1 Å². The highest BCUT2D eigenvalue weighted by molar-refractivity contribution is 7.16. The molecule has 0 saturated heterocycles. The van der Waals surface area contributed by atoms with E-state index in [0.29, 0.717) is 12.5 Å². The van der Waals surface area contributed by atoms with Crippen LogP contribution in [0.25, 0.3) is 0 Å². The average molecular weight is 306 g/mol. The molecule has 0 radical (unpaired) electrons. The molecular formula is C16H22N2O2S. The third kappa shape index (κ3) is 3.76. The summed E-state index contributed by atoms with van der Waals surface area (Å²) in [6.45, 7) is 5.50. The molecule has 0 atom stereocenters. The predicted octanol–water partition coefficient (Wildman–Crippen LogP) is 3.44. The highest BCUT2D eigenvalue weighted by Gasteiger charge is 2.24. The van der Waals surface area contributed by atoms with E-state index < -0.39 is 5.97 Å². The molecule has 1 N–H and O–H groups in total. The van der Waals surface area contributed by atoms with E-state index in [4.69, 9.17) is 5.11 Å². The van der Waals surface area contributed by atoms with Crippen molar-refractivity contribution in [2.45, 2.75) is 46.0 Å². The lowest BCUT2D eigenvalue weighted by atomic mass is 9.96. The van der Waals surface area contributed by atoms with E-state index in [9.17, 15) is 10.1 Å². The van der Waals surface area contributed by atoms with Gasteiger partial charge >= 0.3 is 5.97 Å². The summed E-state index contributed by atoms with van der Waals surface area (Å²) in [7, 11) is 0. The molecular weight excluding hydrogens is 284 g/mol. The van der Waals surface area contributed by atoms with Gasteiger partial charge in [-0.05, 0) is 37.2 Å². The van der Waals surface area contributed by atoms with Gasteiger partial charge in [-0.3, -0.25) is 4.79 Å². The molecule has 0 saturated carbocycles. The first-order chi connectivity index (χ1) is 10.0. The molecule has 114 valence electrons. The lowest BCUT2D eigenvalue weighted by molar-refractivity contribution is -0.136. The van der Waals surface area contributed by atoms with Gasteiger partial charge in [0.05, 0.1) is 12.0 Å². The Morgan fingerprint density at radius 1 is 1.43 bits per heavy atom. The minimum Gasteiger partial charge on any atom is -0.481 e. The summed E-state index contributed by atoms with van der Waals surface area (Å²) in [6.07, 6.45) is 4.50. The minimum absolute atomic E-state index is 0.111. The number of anilines is 1. The highest BCUT2D eigenvalue weighted by Crippen LogP contribution is 2.40. The van der Waals surface area contributed by atoms with Crippen molar-refractivity contribution in [1.29, 1.82) is 5.26 Å². The smallest absolute Gasteiger partial charge is 0.305 e. The van der Waals surface area contributed by atoms with E-state index in [1.807, 2.05) is 0 Å². The molecule has 5 heteroatoms. The summed E-state index contributed by atoms with van der Waals surface area (Å²) in [4.78, 5) is 14.3. The van der Waals surface area contributed by atoms with Crippen LogP contribution in [0.2, 0.25) is 0 Å². The number of carbonyl (C=O) groups is 1. The lowest BCUT2D eigenvalue weighted by Crippen LogP contribution is -2.29. The maximum Gasteiger partial charge on any atom is 0.305 e. The Bertz CT molecular complexity index is 557. The summed E-state index contributed by atoms with van der Waals surface area (Å²) in [5, 5.41) is 19.5. The van der Waals surface area contributed by atoms with E-state index in [-0.39, 0.29) is 6.42 Å². The zero-order chi connectivity index (χ0) is 15.4. The number of carboxylic acid groups (broad SMARTS) is 1. The monoisotopic (exact) mass is 306 g/mol. The van der Waals surface area contributed by atoms with Crippen molar-refractivity contribution in [3.05, 3.63) is 16.0 Å². The Balaban J connectivity index is 2.32.